The van der Waals surface area contributed by atoms with Gasteiger partial charge in [-0.25, -0.2) is 0 Å². The Hall–Kier alpha value is -1.78. The summed E-state index contributed by atoms with van der Waals surface area (Å²) in [6.07, 6.45) is 2.41. The molecular weight excluding hydrogens is 524 g/mol. The van der Waals surface area contributed by atoms with Crippen LogP contribution in [0.1, 0.15) is 60.8 Å². The SMILES string of the molecule is C.CC(C)[C@H](N)C(=O)N[C@H]1CN[C@H](C(=O)O)[C@]1(C)CCCB(O)O.C[C@]1(CCCB(O)O)[C@@H](C(=O)O)NC[C@@H]1N. The molecule has 0 saturated carbocycles. The molecule has 0 aromatic carbocycles. The Kier molecular flexibility index (Phi) is 15.9. The minimum atomic E-state index is -1.42. The van der Waals surface area contributed by atoms with Crippen LogP contribution in [0.15, 0.2) is 0 Å². The van der Waals surface area contributed by atoms with Crippen molar-refractivity contribution in [3.63, 3.8) is 0 Å². The number of carbonyl (C=O) groups excluding carboxylic acids is 1. The van der Waals surface area contributed by atoms with Gasteiger partial charge < -0.3 is 57.7 Å². The molecule has 2 fully saturated rings. The molecule has 14 nitrogen and oxygen atoms in total. The van der Waals surface area contributed by atoms with Crippen LogP contribution in [0.2, 0.25) is 12.6 Å². The summed E-state index contributed by atoms with van der Waals surface area (Å²) in [5, 5.41) is 62.6. The summed E-state index contributed by atoms with van der Waals surface area (Å²) < 4.78 is 0. The van der Waals surface area contributed by atoms with Gasteiger partial charge in [-0.15, -0.1) is 0 Å². The summed E-state index contributed by atoms with van der Waals surface area (Å²) >= 11 is 0. The van der Waals surface area contributed by atoms with Crippen LogP contribution in [0.4, 0.5) is 0 Å². The van der Waals surface area contributed by atoms with Crippen LogP contribution < -0.4 is 27.4 Å². The first kappa shape index (κ1) is 38.2. The van der Waals surface area contributed by atoms with Crippen LogP contribution in [-0.4, -0.2) is 106 Å². The van der Waals surface area contributed by atoms with E-state index < -0.39 is 55.1 Å². The van der Waals surface area contributed by atoms with Gasteiger partial charge in [-0.05, 0) is 31.4 Å². The third-order valence-corrected chi connectivity index (χ3v) is 8.22. The number of rotatable bonds is 13. The Labute approximate surface area is 237 Å². The average molecular weight is 575 g/mol. The molecule has 2 aliphatic rings. The van der Waals surface area contributed by atoms with Gasteiger partial charge in [0, 0.05) is 36.0 Å². The number of aliphatic carboxylic acids is 2. The van der Waals surface area contributed by atoms with Gasteiger partial charge in [-0.1, -0.05) is 48.0 Å². The van der Waals surface area contributed by atoms with Crippen LogP contribution in [-0.2, 0) is 14.4 Å². The van der Waals surface area contributed by atoms with E-state index in [9.17, 15) is 19.5 Å². The largest absolute Gasteiger partial charge is 0.480 e. The second kappa shape index (κ2) is 16.6. The van der Waals surface area contributed by atoms with E-state index in [1.54, 1.807) is 6.92 Å². The van der Waals surface area contributed by atoms with Crippen molar-refractivity contribution in [1.29, 1.82) is 0 Å². The molecule has 0 aromatic rings. The molecule has 0 aliphatic carbocycles. The maximum absolute atomic E-state index is 12.2. The van der Waals surface area contributed by atoms with Crippen molar-refractivity contribution in [1.82, 2.24) is 16.0 Å². The standard InChI is InChI=1S/C14H28BN3O5.C9H19BN2O4.CH4/c1-8(2)10(16)12(19)18-9-7-17-11(13(20)21)14(9,3)5-4-6-15(22)23;1-9(3-2-4-10(15)16)6(11)5-12-7(9)8(13)14;/h8-11,17,22-23H,4-7,16H2,1-3H3,(H,18,19)(H,20,21);6-7,12,15-16H,2-5,11H2,1H3,(H,13,14);1H4/t9-,10-,11+,14+;6-,7+,9+;/m00./s1. The average Bonchev–Trinajstić information content (AvgIpc) is 3.29. The molecule has 13 N–H and O–H groups in total. The van der Waals surface area contributed by atoms with Gasteiger partial charge in [-0.2, -0.15) is 0 Å². The zero-order valence-electron chi connectivity index (χ0n) is 23.3. The topological polar surface area (TPSA) is 261 Å². The van der Waals surface area contributed by atoms with Crippen molar-refractivity contribution in [2.75, 3.05) is 13.1 Å². The first-order valence-electron chi connectivity index (χ1n) is 13.4. The number of carbonyl (C=O) groups is 3. The van der Waals surface area contributed by atoms with Crippen molar-refractivity contribution >= 4 is 32.1 Å². The van der Waals surface area contributed by atoms with E-state index in [1.165, 1.54) is 0 Å². The van der Waals surface area contributed by atoms with Gasteiger partial charge in [0.05, 0.1) is 6.04 Å². The quantitative estimate of drug-likeness (QED) is 0.107. The lowest BCUT2D eigenvalue weighted by atomic mass is 9.72. The zero-order valence-corrected chi connectivity index (χ0v) is 23.3. The van der Waals surface area contributed by atoms with E-state index in [1.807, 2.05) is 20.8 Å². The number of hydrogen-bond donors (Lipinski definition) is 11. The van der Waals surface area contributed by atoms with Gasteiger partial charge >= 0.3 is 26.2 Å². The highest BCUT2D eigenvalue weighted by Crippen LogP contribution is 2.37. The van der Waals surface area contributed by atoms with Crippen LogP contribution >= 0.6 is 0 Å². The van der Waals surface area contributed by atoms with Gasteiger partial charge in [0.1, 0.15) is 12.1 Å². The summed E-state index contributed by atoms with van der Waals surface area (Å²) in [6, 6.07) is -2.71. The summed E-state index contributed by atoms with van der Waals surface area (Å²) in [6.45, 7) is 8.14. The van der Waals surface area contributed by atoms with E-state index >= 15 is 0 Å². The number of nitrogens with two attached hydrogens (primary N) is 2. The van der Waals surface area contributed by atoms with Gasteiger partial charge in [-0.3, -0.25) is 14.4 Å². The second-order valence-corrected chi connectivity index (χ2v) is 11.6. The number of amides is 1. The predicted molar refractivity (Wildman–Crippen MR) is 153 cm³/mol. The van der Waals surface area contributed by atoms with Crippen molar-refractivity contribution in [3.8, 4) is 0 Å². The van der Waals surface area contributed by atoms with Gasteiger partial charge in [0.25, 0.3) is 0 Å². The van der Waals surface area contributed by atoms with E-state index in [2.05, 4.69) is 16.0 Å². The smallest absolute Gasteiger partial charge is 0.451 e. The number of carboxylic acid groups (broad SMARTS) is 2. The lowest BCUT2D eigenvalue weighted by Gasteiger charge is -2.35. The molecule has 0 radical (unpaired) electrons. The number of hydrogen-bond acceptors (Lipinski definition) is 11. The first-order chi connectivity index (χ1) is 18.0. The molecule has 2 aliphatic heterocycles. The zero-order chi connectivity index (χ0) is 30.1. The van der Waals surface area contributed by atoms with E-state index in [4.69, 9.17) is 36.7 Å². The minimum absolute atomic E-state index is 0. The molecule has 2 saturated heterocycles. The fourth-order valence-electron chi connectivity index (χ4n) is 5.33. The highest BCUT2D eigenvalue weighted by Gasteiger charge is 2.51. The Morgan fingerprint density at radius 3 is 1.75 bits per heavy atom. The molecule has 16 heteroatoms. The van der Waals surface area contributed by atoms with E-state index in [0.717, 1.165) is 0 Å². The maximum atomic E-state index is 12.2. The molecule has 232 valence electrons. The molecule has 1 amide bonds. The van der Waals surface area contributed by atoms with Crippen molar-refractivity contribution in [2.24, 2.45) is 28.2 Å². The normalized spacial score (nSPS) is 30.1. The third kappa shape index (κ3) is 10.2. The van der Waals surface area contributed by atoms with Crippen LogP contribution in [0.5, 0.6) is 0 Å². The fraction of sp³-hybridized carbons (Fsp3) is 0.875. The molecular formula is C24H51B2N5O9. The summed E-state index contributed by atoms with van der Waals surface area (Å²) in [4.78, 5) is 34.7. The number of carboxylic acids is 2. The molecule has 40 heavy (non-hydrogen) atoms. The van der Waals surface area contributed by atoms with Crippen molar-refractivity contribution < 1.29 is 44.7 Å². The summed E-state index contributed by atoms with van der Waals surface area (Å²) in [5.74, 6) is -2.20. The van der Waals surface area contributed by atoms with Gasteiger partial charge in [0.15, 0.2) is 0 Å². The number of nitrogens with one attached hydrogen (secondary N) is 3. The van der Waals surface area contributed by atoms with E-state index in [0.29, 0.717) is 38.8 Å². The molecule has 7 atom stereocenters. The van der Waals surface area contributed by atoms with Crippen LogP contribution in [0, 0.1) is 16.7 Å². The monoisotopic (exact) mass is 575 g/mol. The lowest BCUT2D eigenvalue weighted by molar-refractivity contribution is -0.143. The molecule has 0 spiro atoms. The first-order valence-corrected chi connectivity index (χ1v) is 13.4. The highest BCUT2D eigenvalue weighted by atomic mass is 16.4. The van der Waals surface area contributed by atoms with Gasteiger partial charge in [0.2, 0.25) is 5.91 Å². The Bertz CT molecular complexity index is 826. The Morgan fingerprint density at radius 2 is 1.32 bits per heavy atom. The van der Waals surface area contributed by atoms with Crippen molar-refractivity contribution in [3.05, 3.63) is 0 Å². The molecule has 0 aromatic heterocycles. The third-order valence-electron chi connectivity index (χ3n) is 8.22. The minimum Gasteiger partial charge on any atom is -0.480 e. The summed E-state index contributed by atoms with van der Waals surface area (Å²) in [7, 11) is -2.75. The molecule has 2 rings (SSSR count). The van der Waals surface area contributed by atoms with E-state index in [-0.39, 0.29) is 44.0 Å². The fourth-order valence-corrected chi connectivity index (χ4v) is 5.33. The Morgan fingerprint density at radius 1 is 0.900 bits per heavy atom. The van der Waals surface area contributed by atoms with Crippen LogP contribution in [0.25, 0.3) is 0 Å². The summed E-state index contributed by atoms with van der Waals surface area (Å²) in [5.41, 5.74) is 10.5. The van der Waals surface area contributed by atoms with Crippen molar-refractivity contribution in [2.45, 2.75) is 104 Å². The lowest BCUT2D eigenvalue weighted by Crippen LogP contribution is -2.54. The Balaban J connectivity index is 0.000000788. The second-order valence-electron chi connectivity index (χ2n) is 11.6. The highest BCUT2D eigenvalue weighted by molar-refractivity contribution is 6.41. The van der Waals surface area contributed by atoms with Crippen LogP contribution in [0.3, 0.4) is 0 Å². The maximum Gasteiger partial charge on any atom is 0.451 e. The predicted octanol–water partition coefficient (Wildman–Crippen LogP) is -1.96. The molecule has 0 bridgehead atoms. The molecule has 0 unspecified atom stereocenters. The molecule has 2 heterocycles.